The van der Waals surface area contributed by atoms with Crippen LogP contribution < -0.4 is 5.32 Å². The van der Waals surface area contributed by atoms with Crippen LogP contribution in [0.5, 0.6) is 0 Å². The van der Waals surface area contributed by atoms with E-state index in [4.69, 9.17) is 0 Å². The van der Waals surface area contributed by atoms with Gasteiger partial charge in [0.15, 0.2) is 0 Å². The number of carbonyl (C=O) groups excluding carboxylic acids is 3. The highest BCUT2D eigenvalue weighted by Gasteiger charge is 2.33. The first-order valence-electron chi connectivity index (χ1n) is 7.03. The minimum atomic E-state index is -0.239. The summed E-state index contributed by atoms with van der Waals surface area (Å²) in [5.41, 5.74) is 0. The molecule has 2 fully saturated rings. The fourth-order valence-corrected chi connectivity index (χ4v) is 3.41. The highest BCUT2D eigenvalue weighted by atomic mass is 32.1. The summed E-state index contributed by atoms with van der Waals surface area (Å²) in [5, 5.41) is 4.57. The Kier molecular flexibility index (Phi) is 3.92. The zero-order valence-electron chi connectivity index (χ0n) is 11.6. The van der Waals surface area contributed by atoms with Crippen molar-refractivity contribution in [1.29, 1.82) is 0 Å². The van der Waals surface area contributed by atoms with E-state index in [1.54, 1.807) is 9.80 Å². The third-order valence-electron chi connectivity index (χ3n) is 3.94. The van der Waals surface area contributed by atoms with Crippen molar-refractivity contribution in [3.05, 3.63) is 22.4 Å². The Hall–Kier alpha value is -1.89. The van der Waals surface area contributed by atoms with Gasteiger partial charge in [-0.1, -0.05) is 6.07 Å². The zero-order valence-corrected chi connectivity index (χ0v) is 12.4. The van der Waals surface area contributed by atoms with Crippen molar-refractivity contribution in [2.24, 2.45) is 5.92 Å². The molecular formula is C14H17N3O3S. The van der Waals surface area contributed by atoms with Crippen molar-refractivity contribution < 1.29 is 14.4 Å². The molecule has 0 radical (unpaired) electrons. The lowest BCUT2D eigenvalue weighted by molar-refractivity contribution is -0.137. The largest absolute Gasteiger partial charge is 0.355 e. The van der Waals surface area contributed by atoms with Gasteiger partial charge in [-0.25, -0.2) is 0 Å². The highest BCUT2D eigenvalue weighted by Crippen LogP contribution is 2.17. The SMILES string of the molecule is O=C1CC(C(=O)N2CCN(C(=O)c3cccs3)CC2)CN1. The average molecular weight is 307 g/mol. The summed E-state index contributed by atoms with van der Waals surface area (Å²) in [6.07, 6.45) is 0.285. The maximum absolute atomic E-state index is 12.3. The monoisotopic (exact) mass is 307 g/mol. The second-order valence-corrected chi connectivity index (χ2v) is 6.25. The predicted octanol–water partition coefficient (Wildman–Crippen LogP) is 0.169. The first kappa shape index (κ1) is 14.1. The fourth-order valence-electron chi connectivity index (χ4n) is 2.72. The van der Waals surface area contributed by atoms with Gasteiger partial charge in [0.1, 0.15) is 0 Å². The Morgan fingerprint density at radius 1 is 1.19 bits per heavy atom. The summed E-state index contributed by atoms with van der Waals surface area (Å²) >= 11 is 1.43. The quantitative estimate of drug-likeness (QED) is 0.847. The maximum Gasteiger partial charge on any atom is 0.264 e. The molecule has 1 aromatic rings. The summed E-state index contributed by atoms with van der Waals surface area (Å²) in [4.78, 5) is 40.0. The van der Waals surface area contributed by atoms with Crippen LogP contribution in [0.3, 0.4) is 0 Å². The number of hydrogen-bond donors (Lipinski definition) is 1. The average Bonchev–Trinajstić information content (AvgIpc) is 3.17. The van der Waals surface area contributed by atoms with E-state index >= 15 is 0 Å². The van der Waals surface area contributed by atoms with Gasteiger partial charge < -0.3 is 15.1 Å². The lowest BCUT2D eigenvalue weighted by Gasteiger charge is -2.35. The lowest BCUT2D eigenvalue weighted by atomic mass is 10.1. The number of rotatable bonds is 2. The second-order valence-electron chi connectivity index (χ2n) is 5.30. The molecular weight excluding hydrogens is 290 g/mol. The van der Waals surface area contributed by atoms with Crippen LogP contribution in [0.15, 0.2) is 17.5 Å². The molecule has 3 rings (SSSR count). The smallest absolute Gasteiger partial charge is 0.264 e. The van der Waals surface area contributed by atoms with Crippen molar-refractivity contribution in [3.63, 3.8) is 0 Å². The molecule has 1 unspecified atom stereocenters. The molecule has 7 heteroatoms. The van der Waals surface area contributed by atoms with Crippen LogP contribution in [0.2, 0.25) is 0 Å². The van der Waals surface area contributed by atoms with Crippen molar-refractivity contribution in [2.45, 2.75) is 6.42 Å². The second kappa shape index (κ2) is 5.85. The molecule has 1 aromatic heterocycles. The number of piperazine rings is 1. The van der Waals surface area contributed by atoms with Gasteiger partial charge in [0, 0.05) is 39.1 Å². The summed E-state index contributed by atoms with van der Waals surface area (Å²) in [5.74, 6) is -0.233. The van der Waals surface area contributed by atoms with E-state index in [9.17, 15) is 14.4 Å². The fraction of sp³-hybridized carbons (Fsp3) is 0.500. The van der Waals surface area contributed by atoms with Crippen LogP contribution in [-0.2, 0) is 9.59 Å². The van der Waals surface area contributed by atoms with E-state index in [1.165, 1.54) is 11.3 Å². The van der Waals surface area contributed by atoms with Gasteiger partial charge in [-0.05, 0) is 11.4 Å². The van der Waals surface area contributed by atoms with Crippen LogP contribution >= 0.6 is 11.3 Å². The molecule has 3 amide bonds. The van der Waals surface area contributed by atoms with E-state index < -0.39 is 0 Å². The standard InChI is InChI=1S/C14H17N3O3S/c18-12-8-10(9-15-12)13(19)16-3-5-17(6-4-16)14(20)11-2-1-7-21-11/h1-2,7,10H,3-6,8-9H2,(H,15,18). The Morgan fingerprint density at radius 3 is 2.48 bits per heavy atom. The summed E-state index contributed by atoms with van der Waals surface area (Å²) in [6, 6.07) is 3.68. The third-order valence-corrected chi connectivity index (χ3v) is 4.80. The van der Waals surface area contributed by atoms with Crippen LogP contribution in [0.25, 0.3) is 0 Å². The summed E-state index contributed by atoms with van der Waals surface area (Å²) in [6.45, 7) is 2.63. The van der Waals surface area contributed by atoms with Crippen molar-refractivity contribution in [1.82, 2.24) is 15.1 Å². The van der Waals surface area contributed by atoms with Gasteiger partial charge in [0.2, 0.25) is 11.8 Å². The van der Waals surface area contributed by atoms with E-state index in [1.807, 2.05) is 17.5 Å². The minimum Gasteiger partial charge on any atom is -0.355 e. The predicted molar refractivity (Wildman–Crippen MR) is 77.9 cm³/mol. The molecule has 21 heavy (non-hydrogen) atoms. The van der Waals surface area contributed by atoms with E-state index in [0.717, 1.165) is 4.88 Å². The number of nitrogens with one attached hydrogen (secondary N) is 1. The van der Waals surface area contributed by atoms with Gasteiger partial charge in [-0.2, -0.15) is 0 Å². The van der Waals surface area contributed by atoms with Gasteiger partial charge in [-0.15, -0.1) is 11.3 Å². The molecule has 1 N–H and O–H groups in total. The Morgan fingerprint density at radius 2 is 1.90 bits per heavy atom. The van der Waals surface area contributed by atoms with Gasteiger partial charge in [0.05, 0.1) is 10.8 Å². The Balaban J connectivity index is 1.54. The first-order chi connectivity index (χ1) is 10.1. The molecule has 0 aliphatic carbocycles. The number of amides is 3. The number of carbonyl (C=O) groups is 3. The minimum absolute atomic E-state index is 0.0246. The molecule has 0 saturated carbocycles. The van der Waals surface area contributed by atoms with Gasteiger partial charge in [0.25, 0.3) is 5.91 Å². The number of hydrogen-bond acceptors (Lipinski definition) is 4. The van der Waals surface area contributed by atoms with E-state index in [2.05, 4.69) is 5.32 Å². The molecule has 2 saturated heterocycles. The van der Waals surface area contributed by atoms with Gasteiger partial charge in [-0.3, -0.25) is 14.4 Å². The Labute approximate surface area is 126 Å². The molecule has 3 heterocycles. The summed E-state index contributed by atoms with van der Waals surface area (Å²) in [7, 11) is 0. The normalized spacial score (nSPS) is 22.3. The molecule has 0 bridgehead atoms. The topological polar surface area (TPSA) is 69.7 Å². The van der Waals surface area contributed by atoms with Crippen LogP contribution in [0.1, 0.15) is 16.1 Å². The maximum atomic E-state index is 12.3. The molecule has 0 aromatic carbocycles. The number of thiophene rings is 1. The van der Waals surface area contributed by atoms with Gasteiger partial charge >= 0.3 is 0 Å². The molecule has 2 aliphatic rings. The van der Waals surface area contributed by atoms with Crippen LogP contribution in [-0.4, -0.2) is 60.2 Å². The molecule has 1 atom stereocenters. The zero-order chi connectivity index (χ0) is 14.8. The molecule has 112 valence electrons. The summed E-state index contributed by atoms with van der Waals surface area (Å²) < 4.78 is 0. The Bertz CT molecular complexity index is 550. The van der Waals surface area contributed by atoms with E-state index in [0.29, 0.717) is 32.7 Å². The molecule has 0 spiro atoms. The lowest BCUT2D eigenvalue weighted by Crippen LogP contribution is -2.52. The molecule has 6 nitrogen and oxygen atoms in total. The van der Waals surface area contributed by atoms with Crippen LogP contribution in [0, 0.1) is 5.92 Å². The third kappa shape index (κ3) is 2.92. The van der Waals surface area contributed by atoms with E-state index in [-0.39, 0.29) is 30.1 Å². The van der Waals surface area contributed by atoms with Crippen molar-refractivity contribution in [3.8, 4) is 0 Å². The van der Waals surface area contributed by atoms with Crippen molar-refractivity contribution in [2.75, 3.05) is 32.7 Å². The first-order valence-corrected chi connectivity index (χ1v) is 7.91. The number of nitrogens with zero attached hydrogens (tertiary/aromatic N) is 2. The van der Waals surface area contributed by atoms with Crippen LogP contribution in [0.4, 0.5) is 0 Å². The molecule has 2 aliphatic heterocycles. The highest BCUT2D eigenvalue weighted by molar-refractivity contribution is 7.12. The van der Waals surface area contributed by atoms with Crippen molar-refractivity contribution >= 4 is 29.1 Å².